The maximum Gasteiger partial charge on any atom is 0.239 e. The van der Waals surface area contributed by atoms with Crippen molar-refractivity contribution in [2.24, 2.45) is 0 Å². The van der Waals surface area contributed by atoms with E-state index in [1.807, 2.05) is 32.0 Å². The van der Waals surface area contributed by atoms with Crippen LogP contribution in [-0.4, -0.2) is 32.2 Å². The Labute approximate surface area is 116 Å². The van der Waals surface area contributed by atoms with E-state index in [0.717, 1.165) is 15.7 Å². The standard InChI is InChI=1S/C13H19BrN2O2/c1-9-6-11(14)4-5-12(9)15-7-13(17)16-10(2)8-18-3/h4-6,10,15H,7-8H2,1-3H3,(H,16,17). The number of halogens is 1. The summed E-state index contributed by atoms with van der Waals surface area (Å²) in [6.45, 7) is 4.68. The molecule has 18 heavy (non-hydrogen) atoms. The summed E-state index contributed by atoms with van der Waals surface area (Å²) in [5.41, 5.74) is 2.06. The minimum absolute atomic E-state index is 0.0234. The van der Waals surface area contributed by atoms with Gasteiger partial charge in [0.15, 0.2) is 0 Å². The quantitative estimate of drug-likeness (QED) is 0.847. The summed E-state index contributed by atoms with van der Waals surface area (Å²) < 4.78 is 5.99. The Hall–Kier alpha value is -1.07. The average Bonchev–Trinajstić information content (AvgIpc) is 2.28. The molecule has 1 aromatic rings. The van der Waals surface area contributed by atoms with Crippen LogP contribution in [-0.2, 0) is 9.53 Å². The van der Waals surface area contributed by atoms with E-state index in [1.54, 1.807) is 7.11 Å². The smallest absolute Gasteiger partial charge is 0.239 e. The molecule has 0 spiro atoms. The topological polar surface area (TPSA) is 50.4 Å². The van der Waals surface area contributed by atoms with Gasteiger partial charge >= 0.3 is 0 Å². The van der Waals surface area contributed by atoms with Gasteiger partial charge in [0, 0.05) is 23.3 Å². The molecule has 1 unspecified atom stereocenters. The van der Waals surface area contributed by atoms with E-state index in [4.69, 9.17) is 4.74 Å². The van der Waals surface area contributed by atoms with Gasteiger partial charge in [-0.25, -0.2) is 0 Å². The normalized spacial score (nSPS) is 12.0. The predicted octanol–water partition coefficient (Wildman–Crippen LogP) is 2.32. The summed E-state index contributed by atoms with van der Waals surface area (Å²) in [5, 5.41) is 5.96. The van der Waals surface area contributed by atoms with Crippen LogP contribution in [0.3, 0.4) is 0 Å². The molecule has 100 valence electrons. The molecule has 0 aromatic heterocycles. The van der Waals surface area contributed by atoms with Crippen molar-refractivity contribution < 1.29 is 9.53 Å². The fourth-order valence-electron chi connectivity index (χ4n) is 1.62. The summed E-state index contributed by atoms with van der Waals surface area (Å²) in [6, 6.07) is 5.93. The number of aryl methyl sites for hydroxylation is 1. The third kappa shape index (κ3) is 5.06. The summed E-state index contributed by atoms with van der Waals surface area (Å²) in [5.74, 6) is -0.0399. The Balaban J connectivity index is 2.42. The van der Waals surface area contributed by atoms with Crippen LogP contribution in [0.25, 0.3) is 0 Å². The van der Waals surface area contributed by atoms with E-state index in [2.05, 4.69) is 26.6 Å². The Morgan fingerprint density at radius 2 is 2.22 bits per heavy atom. The number of amides is 1. The minimum atomic E-state index is -0.0399. The number of benzene rings is 1. The molecule has 1 aromatic carbocycles. The first-order chi connectivity index (χ1) is 8.52. The van der Waals surface area contributed by atoms with Gasteiger partial charge in [0.05, 0.1) is 13.2 Å². The molecule has 5 heteroatoms. The van der Waals surface area contributed by atoms with Crippen molar-refractivity contribution in [2.45, 2.75) is 19.9 Å². The molecule has 1 atom stereocenters. The maximum atomic E-state index is 11.6. The maximum absolute atomic E-state index is 11.6. The number of carbonyl (C=O) groups excluding carboxylic acids is 1. The van der Waals surface area contributed by atoms with E-state index < -0.39 is 0 Å². The third-order valence-corrected chi connectivity index (χ3v) is 2.95. The van der Waals surface area contributed by atoms with Crippen molar-refractivity contribution in [1.29, 1.82) is 0 Å². The Morgan fingerprint density at radius 3 is 2.83 bits per heavy atom. The molecule has 0 saturated carbocycles. The van der Waals surface area contributed by atoms with Gasteiger partial charge in [0.2, 0.25) is 5.91 Å². The van der Waals surface area contributed by atoms with Crippen LogP contribution >= 0.6 is 15.9 Å². The zero-order valence-corrected chi connectivity index (χ0v) is 12.5. The van der Waals surface area contributed by atoms with Crippen LogP contribution in [0.4, 0.5) is 5.69 Å². The molecular formula is C13H19BrN2O2. The third-order valence-electron chi connectivity index (χ3n) is 2.45. The molecule has 0 radical (unpaired) electrons. The van der Waals surface area contributed by atoms with E-state index in [9.17, 15) is 4.79 Å². The molecule has 0 aliphatic carbocycles. The minimum Gasteiger partial charge on any atom is -0.383 e. The first kappa shape index (κ1) is 15.0. The summed E-state index contributed by atoms with van der Waals surface area (Å²) in [6.07, 6.45) is 0. The number of methoxy groups -OCH3 is 1. The van der Waals surface area contributed by atoms with E-state index >= 15 is 0 Å². The lowest BCUT2D eigenvalue weighted by molar-refractivity contribution is -0.120. The number of carbonyl (C=O) groups is 1. The molecule has 1 rings (SSSR count). The fraction of sp³-hybridized carbons (Fsp3) is 0.462. The lowest BCUT2D eigenvalue weighted by atomic mass is 10.2. The van der Waals surface area contributed by atoms with Gasteiger partial charge in [0.25, 0.3) is 0 Å². The van der Waals surface area contributed by atoms with Crippen molar-refractivity contribution in [3.05, 3.63) is 28.2 Å². The summed E-state index contributed by atoms with van der Waals surface area (Å²) >= 11 is 3.41. The Morgan fingerprint density at radius 1 is 1.50 bits per heavy atom. The summed E-state index contributed by atoms with van der Waals surface area (Å²) in [4.78, 5) is 11.6. The van der Waals surface area contributed by atoms with Crippen molar-refractivity contribution in [2.75, 3.05) is 25.6 Å². The molecule has 0 saturated heterocycles. The highest BCUT2D eigenvalue weighted by Crippen LogP contribution is 2.19. The van der Waals surface area contributed by atoms with Gasteiger partial charge in [-0.1, -0.05) is 15.9 Å². The van der Waals surface area contributed by atoms with Crippen LogP contribution in [0.2, 0.25) is 0 Å². The monoisotopic (exact) mass is 314 g/mol. The number of hydrogen-bond donors (Lipinski definition) is 2. The van der Waals surface area contributed by atoms with Crippen LogP contribution in [0.15, 0.2) is 22.7 Å². The van der Waals surface area contributed by atoms with Crippen molar-refractivity contribution in [3.8, 4) is 0 Å². The second-order valence-electron chi connectivity index (χ2n) is 4.24. The van der Waals surface area contributed by atoms with Crippen LogP contribution in [0.1, 0.15) is 12.5 Å². The lowest BCUT2D eigenvalue weighted by Crippen LogP contribution is -2.39. The lowest BCUT2D eigenvalue weighted by Gasteiger charge is -2.14. The highest BCUT2D eigenvalue weighted by atomic mass is 79.9. The van der Waals surface area contributed by atoms with Gasteiger partial charge in [-0.3, -0.25) is 4.79 Å². The SMILES string of the molecule is COCC(C)NC(=O)CNc1ccc(Br)cc1C. The Bertz CT molecular complexity index is 410. The predicted molar refractivity (Wildman–Crippen MR) is 76.8 cm³/mol. The molecule has 0 heterocycles. The van der Waals surface area contributed by atoms with Crippen LogP contribution in [0, 0.1) is 6.92 Å². The fourth-order valence-corrected chi connectivity index (χ4v) is 2.09. The number of hydrogen-bond acceptors (Lipinski definition) is 3. The molecular weight excluding hydrogens is 296 g/mol. The van der Waals surface area contributed by atoms with Crippen molar-refractivity contribution >= 4 is 27.5 Å². The van der Waals surface area contributed by atoms with E-state index in [-0.39, 0.29) is 18.5 Å². The van der Waals surface area contributed by atoms with Crippen molar-refractivity contribution in [1.82, 2.24) is 5.32 Å². The highest BCUT2D eigenvalue weighted by molar-refractivity contribution is 9.10. The number of ether oxygens (including phenoxy) is 1. The van der Waals surface area contributed by atoms with Crippen molar-refractivity contribution in [3.63, 3.8) is 0 Å². The van der Waals surface area contributed by atoms with E-state index in [1.165, 1.54) is 0 Å². The largest absolute Gasteiger partial charge is 0.383 e. The zero-order chi connectivity index (χ0) is 13.5. The van der Waals surface area contributed by atoms with Gasteiger partial charge < -0.3 is 15.4 Å². The molecule has 0 bridgehead atoms. The molecule has 0 aliphatic heterocycles. The van der Waals surface area contributed by atoms with Gasteiger partial charge in [0.1, 0.15) is 0 Å². The molecule has 0 aliphatic rings. The second kappa shape index (κ2) is 7.38. The number of anilines is 1. The van der Waals surface area contributed by atoms with Gasteiger partial charge in [-0.15, -0.1) is 0 Å². The van der Waals surface area contributed by atoms with Gasteiger partial charge in [-0.05, 0) is 37.6 Å². The average molecular weight is 315 g/mol. The molecule has 1 amide bonds. The molecule has 2 N–H and O–H groups in total. The van der Waals surface area contributed by atoms with E-state index in [0.29, 0.717) is 6.61 Å². The molecule has 0 fully saturated rings. The number of nitrogens with one attached hydrogen (secondary N) is 2. The second-order valence-corrected chi connectivity index (χ2v) is 5.15. The first-order valence-corrected chi connectivity index (χ1v) is 6.60. The Kier molecular flexibility index (Phi) is 6.15. The van der Waals surface area contributed by atoms with Gasteiger partial charge in [-0.2, -0.15) is 0 Å². The van der Waals surface area contributed by atoms with Crippen LogP contribution < -0.4 is 10.6 Å². The first-order valence-electron chi connectivity index (χ1n) is 5.81. The zero-order valence-electron chi connectivity index (χ0n) is 10.9. The highest BCUT2D eigenvalue weighted by Gasteiger charge is 2.07. The van der Waals surface area contributed by atoms with Crippen LogP contribution in [0.5, 0.6) is 0 Å². The number of rotatable bonds is 6. The molecule has 4 nitrogen and oxygen atoms in total. The summed E-state index contributed by atoms with van der Waals surface area (Å²) in [7, 11) is 1.62.